The Hall–Kier alpha value is -3.18. The molecule has 0 aromatic rings. The minimum absolute atomic E-state index is 0.0575. The molecule has 0 rings (SSSR count). The second kappa shape index (κ2) is 60.1. The highest BCUT2D eigenvalue weighted by Gasteiger charge is 2.17. The summed E-state index contributed by atoms with van der Waals surface area (Å²) in [6, 6.07) is 0. The van der Waals surface area contributed by atoms with Gasteiger partial charge in [0, 0.05) is 19.4 Å². The molecule has 0 aromatic heterocycles. The smallest absolute Gasteiger partial charge is 0.306 e. The van der Waals surface area contributed by atoms with Crippen molar-refractivity contribution in [1.82, 2.24) is 0 Å². The molecule has 0 aliphatic carbocycles. The average molecular weight is 974 g/mol. The van der Waals surface area contributed by atoms with Crippen LogP contribution in [0.3, 0.4) is 0 Å². The summed E-state index contributed by atoms with van der Waals surface area (Å²) in [6.45, 7) is 7.64. The zero-order chi connectivity index (χ0) is 50.6. The normalized spacial score (nSPS) is 12.9. The monoisotopic (exact) mass is 973 g/mol. The Morgan fingerprint density at radius 3 is 1.10 bits per heavy atom. The number of esters is 2. The van der Waals surface area contributed by atoms with Crippen LogP contribution in [-0.4, -0.2) is 37.9 Å². The van der Waals surface area contributed by atoms with Gasteiger partial charge in [-0.1, -0.05) is 240 Å². The Labute approximate surface area is 434 Å². The van der Waals surface area contributed by atoms with Crippen LogP contribution < -0.4 is 0 Å². The van der Waals surface area contributed by atoms with E-state index in [4.69, 9.17) is 14.2 Å². The van der Waals surface area contributed by atoms with Gasteiger partial charge in [-0.05, 0) is 122 Å². The highest BCUT2D eigenvalue weighted by Crippen LogP contribution is 2.14. The van der Waals surface area contributed by atoms with Gasteiger partial charge in [0.05, 0.1) is 6.61 Å². The minimum Gasteiger partial charge on any atom is -0.462 e. The van der Waals surface area contributed by atoms with Gasteiger partial charge in [-0.15, -0.1) is 0 Å². The van der Waals surface area contributed by atoms with Gasteiger partial charge < -0.3 is 14.2 Å². The maximum absolute atomic E-state index is 12.9. The zero-order valence-electron chi connectivity index (χ0n) is 46.3. The fourth-order valence-corrected chi connectivity index (χ4v) is 8.15. The number of ether oxygens (including phenoxy) is 3. The topological polar surface area (TPSA) is 61.8 Å². The lowest BCUT2D eigenvalue weighted by Gasteiger charge is -2.18. The van der Waals surface area contributed by atoms with Gasteiger partial charge in [0.1, 0.15) is 6.61 Å². The summed E-state index contributed by atoms with van der Waals surface area (Å²) in [5.74, 6) is -0.457. The summed E-state index contributed by atoms with van der Waals surface area (Å²) in [5.41, 5.74) is 0. The molecule has 0 radical (unpaired) electrons. The van der Waals surface area contributed by atoms with E-state index in [0.717, 1.165) is 96.3 Å². The van der Waals surface area contributed by atoms with E-state index in [0.29, 0.717) is 19.4 Å². The lowest BCUT2D eigenvalue weighted by Crippen LogP contribution is -2.30. The quantitative estimate of drug-likeness (QED) is 0.0345. The first-order valence-corrected chi connectivity index (χ1v) is 29.8. The fourth-order valence-electron chi connectivity index (χ4n) is 8.15. The second-order valence-corrected chi connectivity index (χ2v) is 19.5. The molecule has 0 aliphatic heterocycles. The van der Waals surface area contributed by atoms with Crippen molar-refractivity contribution in [2.75, 3.05) is 19.8 Å². The molecule has 0 aromatic carbocycles. The molecule has 0 spiro atoms. The minimum atomic E-state index is -0.570. The summed E-state index contributed by atoms with van der Waals surface area (Å²) in [4.78, 5) is 25.5. The number of hydrogen-bond donors (Lipinski definition) is 0. The highest BCUT2D eigenvalue weighted by molar-refractivity contribution is 5.70. The van der Waals surface area contributed by atoms with Crippen LogP contribution in [0.15, 0.2) is 97.2 Å². The van der Waals surface area contributed by atoms with Crippen molar-refractivity contribution >= 4 is 11.9 Å². The molecule has 0 fully saturated rings. The van der Waals surface area contributed by atoms with Crippen LogP contribution in [-0.2, 0) is 23.8 Å². The summed E-state index contributed by atoms with van der Waals surface area (Å²) < 4.78 is 17.5. The number of carbonyl (C=O) groups is 2. The highest BCUT2D eigenvalue weighted by atomic mass is 16.6. The first-order chi connectivity index (χ1) is 34.6. The predicted octanol–water partition coefficient (Wildman–Crippen LogP) is 20.6. The largest absolute Gasteiger partial charge is 0.462 e. The Kier molecular flexibility index (Phi) is 57.4. The lowest BCUT2D eigenvalue weighted by atomic mass is 10.1. The number of carbonyl (C=O) groups excluding carboxylic acids is 2. The van der Waals surface area contributed by atoms with Crippen molar-refractivity contribution in [2.45, 2.75) is 284 Å². The Morgan fingerprint density at radius 2 is 0.643 bits per heavy atom. The fraction of sp³-hybridized carbons (Fsp3) is 0.723. The van der Waals surface area contributed by atoms with Crippen LogP contribution in [0.1, 0.15) is 278 Å². The number of hydrogen-bond acceptors (Lipinski definition) is 5. The van der Waals surface area contributed by atoms with Crippen LogP contribution >= 0.6 is 0 Å². The van der Waals surface area contributed by atoms with Gasteiger partial charge in [-0.3, -0.25) is 9.59 Å². The van der Waals surface area contributed by atoms with E-state index in [2.05, 4.69) is 118 Å². The van der Waals surface area contributed by atoms with E-state index in [1.807, 2.05) is 0 Å². The molecule has 0 saturated carbocycles. The molecule has 0 N–H and O–H groups in total. The molecule has 5 heteroatoms. The maximum Gasteiger partial charge on any atom is 0.306 e. The molecule has 0 saturated heterocycles. The van der Waals surface area contributed by atoms with E-state index in [1.54, 1.807) is 0 Å². The summed E-state index contributed by atoms with van der Waals surface area (Å²) >= 11 is 0. The molecule has 1 unspecified atom stereocenters. The summed E-state index contributed by atoms with van der Waals surface area (Å²) in [7, 11) is 0. The van der Waals surface area contributed by atoms with Crippen molar-refractivity contribution in [3.05, 3.63) is 97.2 Å². The van der Waals surface area contributed by atoms with Crippen molar-refractivity contribution in [2.24, 2.45) is 0 Å². The van der Waals surface area contributed by atoms with Gasteiger partial charge in [-0.25, -0.2) is 0 Å². The van der Waals surface area contributed by atoms with Crippen molar-refractivity contribution in [1.29, 1.82) is 0 Å². The SMILES string of the molecule is CC/C=C\C/C=C\C/C=C\C/C=C\CCCCC(=O)OC(COCCCCCCCCCCCC/C=C\CCCCCCCC)COC(=O)CCCCCCCC/C=C\C/C=C\C/C=C\CCCCC. The van der Waals surface area contributed by atoms with Crippen LogP contribution in [0.5, 0.6) is 0 Å². The van der Waals surface area contributed by atoms with Gasteiger partial charge >= 0.3 is 11.9 Å². The number of rotatable bonds is 54. The molecular weight excluding hydrogens is 861 g/mol. The van der Waals surface area contributed by atoms with Crippen molar-refractivity contribution < 1.29 is 23.8 Å². The molecular formula is C65H112O5. The Balaban J connectivity index is 4.34. The average Bonchev–Trinajstić information content (AvgIpc) is 3.36. The molecule has 0 heterocycles. The third-order valence-electron chi connectivity index (χ3n) is 12.6. The van der Waals surface area contributed by atoms with Crippen LogP contribution in [0.4, 0.5) is 0 Å². The Morgan fingerprint density at radius 1 is 0.329 bits per heavy atom. The molecule has 70 heavy (non-hydrogen) atoms. The van der Waals surface area contributed by atoms with Gasteiger partial charge in [0.2, 0.25) is 0 Å². The van der Waals surface area contributed by atoms with E-state index in [1.165, 1.54) is 148 Å². The first-order valence-electron chi connectivity index (χ1n) is 29.8. The third-order valence-corrected chi connectivity index (χ3v) is 12.6. The molecule has 0 bridgehead atoms. The van der Waals surface area contributed by atoms with E-state index in [-0.39, 0.29) is 25.2 Å². The van der Waals surface area contributed by atoms with Crippen LogP contribution in [0, 0.1) is 0 Å². The third kappa shape index (κ3) is 57.4. The van der Waals surface area contributed by atoms with E-state index in [9.17, 15) is 9.59 Å². The van der Waals surface area contributed by atoms with Crippen molar-refractivity contribution in [3.8, 4) is 0 Å². The van der Waals surface area contributed by atoms with Gasteiger partial charge in [0.25, 0.3) is 0 Å². The van der Waals surface area contributed by atoms with Crippen molar-refractivity contribution in [3.63, 3.8) is 0 Å². The number of unbranched alkanes of at least 4 members (excludes halogenated alkanes) is 27. The van der Waals surface area contributed by atoms with Gasteiger partial charge in [0.15, 0.2) is 6.10 Å². The first kappa shape index (κ1) is 66.8. The van der Waals surface area contributed by atoms with Crippen LogP contribution in [0.2, 0.25) is 0 Å². The standard InChI is InChI=1S/C65H112O5/c1-4-7-10-13-16-19-22-25-28-30-32-34-36-39-42-45-48-51-54-57-60-68-61-63(70-65(67)59-56-53-50-47-44-41-37-27-24-21-18-15-12-9-6-3)62-69-64(66)58-55-52-49-46-43-40-38-35-33-31-29-26-23-20-17-14-11-8-5-2/h9,12,17-18,20-21,25-29,33,35,37,44,47,63H,4-8,10-11,13-16,19,22-24,30-32,34,36,38-43,45-46,48-62H2,1-3H3/b12-9-,20-17-,21-18-,28-25-,29-26-,35-33-,37-27-,47-44-. The summed E-state index contributed by atoms with van der Waals surface area (Å²) in [5, 5.41) is 0. The second-order valence-electron chi connectivity index (χ2n) is 19.5. The van der Waals surface area contributed by atoms with Gasteiger partial charge in [-0.2, -0.15) is 0 Å². The molecule has 402 valence electrons. The van der Waals surface area contributed by atoms with Crippen LogP contribution in [0.25, 0.3) is 0 Å². The predicted molar refractivity (Wildman–Crippen MR) is 306 cm³/mol. The zero-order valence-corrected chi connectivity index (χ0v) is 46.3. The molecule has 0 amide bonds. The molecule has 0 aliphatic rings. The summed E-state index contributed by atoms with van der Waals surface area (Å²) in [6.07, 6.45) is 81.5. The molecule has 1 atom stereocenters. The maximum atomic E-state index is 12.9. The number of allylic oxidation sites excluding steroid dienone is 16. The Bertz CT molecular complexity index is 1330. The van der Waals surface area contributed by atoms with E-state index < -0.39 is 6.10 Å². The lowest BCUT2D eigenvalue weighted by molar-refractivity contribution is -0.163. The molecule has 5 nitrogen and oxygen atoms in total. The van der Waals surface area contributed by atoms with E-state index >= 15 is 0 Å².